The Hall–Kier alpha value is -4.40. The highest BCUT2D eigenvalue weighted by atomic mass is 16.5. The fourth-order valence-electron chi connectivity index (χ4n) is 6.35. The number of amides is 3. The van der Waals surface area contributed by atoms with E-state index in [9.17, 15) is 9.59 Å². The molecule has 4 aliphatic rings. The van der Waals surface area contributed by atoms with Crippen molar-refractivity contribution in [1.29, 1.82) is 0 Å². The van der Waals surface area contributed by atoms with Crippen LogP contribution in [-0.2, 0) is 9.47 Å². The Balaban J connectivity index is 0.973. The molecular formula is C32H40N10O4. The second-order valence-corrected chi connectivity index (χ2v) is 12.8. The van der Waals surface area contributed by atoms with Crippen molar-refractivity contribution in [1.82, 2.24) is 29.7 Å². The molecule has 4 aliphatic heterocycles. The van der Waals surface area contributed by atoms with Crippen LogP contribution in [0.3, 0.4) is 0 Å². The van der Waals surface area contributed by atoms with Crippen molar-refractivity contribution < 1.29 is 19.1 Å². The Labute approximate surface area is 268 Å². The zero-order valence-corrected chi connectivity index (χ0v) is 26.3. The van der Waals surface area contributed by atoms with Gasteiger partial charge >= 0.3 is 6.03 Å². The number of pyridine rings is 1. The highest BCUT2D eigenvalue weighted by Crippen LogP contribution is 2.39. The topological polar surface area (TPSA) is 141 Å². The van der Waals surface area contributed by atoms with Gasteiger partial charge in [0.25, 0.3) is 5.91 Å². The van der Waals surface area contributed by atoms with E-state index < -0.39 is 6.03 Å². The lowest BCUT2D eigenvalue weighted by molar-refractivity contribution is -0.127. The number of ether oxygens (including phenoxy) is 2. The van der Waals surface area contributed by atoms with Crippen LogP contribution < -0.4 is 20.4 Å². The van der Waals surface area contributed by atoms with Crippen LogP contribution in [0.5, 0.6) is 0 Å². The number of morpholine rings is 1. The molecule has 0 saturated carbocycles. The Bertz CT molecular complexity index is 1540. The molecule has 6 heterocycles. The first-order valence-electron chi connectivity index (χ1n) is 15.9. The number of piperidine rings is 1. The minimum Gasteiger partial charge on any atom is -0.380 e. The second-order valence-electron chi connectivity index (χ2n) is 12.8. The number of aromatic nitrogens is 4. The molecular weight excluding hydrogens is 588 g/mol. The van der Waals surface area contributed by atoms with Crippen molar-refractivity contribution in [2.45, 2.75) is 18.9 Å². The lowest BCUT2D eigenvalue weighted by Gasteiger charge is -2.54. The maximum atomic E-state index is 13.0. The molecule has 4 saturated heterocycles. The van der Waals surface area contributed by atoms with Gasteiger partial charge in [-0.2, -0.15) is 15.0 Å². The summed E-state index contributed by atoms with van der Waals surface area (Å²) >= 11 is 0. The summed E-state index contributed by atoms with van der Waals surface area (Å²) in [6.45, 7) is 7.47. The molecule has 14 nitrogen and oxygen atoms in total. The van der Waals surface area contributed by atoms with Gasteiger partial charge in [-0.05, 0) is 63.3 Å². The Kier molecular flexibility index (Phi) is 8.40. The van der Waals surface area contributed by atoms with Crippen LogP contribution in [0.4, 0.5) is 28.2 Å². The molecule has 0 unspecified atom stereocenters. The summed E-state index contributed by atoms with van der Waals surface area (Å²) in [5, 5.41) is 5.58. The number of carbonyl (C=O) groups is 2. The molecule has 2 aromatic heterocycles. The van der Waals surface area contributed by atoms with Crippen LogP contribution in [0, 0.1) is 5.41 Å². The van der Waals surface area contributed by atoms with E-state index in [0.29, 0.717) is 67.1 Å². The molecule has 0 atom stereocenters. The van der Waals surface area contributed by atoms with Gasteiger partial charge in [0, 0.05) is 68.3 Å². The largest absolute Gasteiger partial charge is 0.380 e. The van der Waals surface area contributed by atoms with Crippen molar-refractivity contribution in [2.24, 2.45) is 5.41 Å². The Morgan fingerprint density at radius 3 is 2.15 bits per heavy atom. The summed E-state index contributed by atoms with van der Waals surface area (Å²) in [7, 11) is 4.16. The van der Waals surface area contributed by atoms with E-state index in [4.69, 9.17) is 24.4 Å². The number of nitrogens with zero attached hydrogens (tertiary/aromatic N) is 8. The molecule has 4 fully saturated rings. The zero-order valence-electron chi connectivity index (χ0n) is 26.3. The Morgan fingerprint density at radius 1 is 0.848 bits per heavy atom. The molecule has 7 rings (SSSR count). The van der Waals surface area contributed by atoms with Gasteiger partial charge in [-0.3, -0.25) is 10.1 Å². The summed E-state index contributed by atoms with van der Waals surface area (Å²) < 4.78 is 11.0. The SMILES string of the molecule is CN(C)C1CCN(C(=O)c2ccc(NC(=O)Nc3ccc(-c4nc(N5CCOCC5)nc(N5CC6(COC6)C5)n4)cn3)cc2)CC1. The average Bonchev–Trinajstić information content (AvgIpc) is 3.04. The molecule has 0 radical (unpaired) electrons. The second kappa shape index (κ2) is 12.8. The predicted octanol–water partition coefficient (Wildman–Crippen LogP) is 2.42. The monoisotopic (exact) mass is 628 g/mol. The summed E-state index contributed by atoms with van der Waals surface area (Å²) in [5.74, 6) is 2.19. The lowest BCUT2D eigenvalue weighted by Crippen LogP contribution is -2.66. The highest BCUT2D eigenvalue weighted by molar-refractivity contribution is 6.00. The number of nitrogens with one attached hydrogen (secondary N) is 2. The summed E-state index contributed by atoms with van der Waals surface area (Å²) in [6, 6.07) is 10.6. The van der Waals surface area contributed by atoms with Crippen molar-refractivity contribution >= 4 is 35.3 Å². The number of hydrogen-bond acceptors (Lipinski definition) is 11. The van der Waals surface area contributed by atoms with Gasteiger partial charge in [0.2, 0.25) is 11.9 Å². The standard InChI is InChI=1S/C32H40N10O4/c1-39(2)25-9-11-40(12-10-25)28(43)22-3-6-24(7-4-22)34-31(44)35-26-8-5-23(17-33-26)27-36-29(41-13-15-45-16-14-41)38-30(37-27)42-18-32(19-42)20-46-21-32/h3-8,17,25H,9-16,18-21H2,1-2H3,(H2,33,34,35,44). The molecule has 2 N–H and O–H groups in total. The van der Waals surface area contributed by atoms with Gasteiger partial charge in [-0.25, -0.2) is 9.78 Å². The van der Waals surface area contributed by atoms with E-state index >= 15 is 0 Å². The van der Waals surface area contributed by atoms with Crippen LogP contribution in [0.2, 0.25) is 0 Å². The molecule has 1 spiro atoms. The minimum absolute atomic E-state index is 0.0154. The first kappa shape index (κ1) is 30.3. The average molecular weight is 629 g/mol. The molecule has 46 heavy (non-hydrogen) atoms. The zero-order chi connectivity index (χ0) is 31.7. The number of hydrogen-bond donors (Lipinski definition) is 2. The fraction of sp³-hybridized carbons (Fsp3) is 0.500. The van der Waals surface area contributed by atoms with Gasteiger partial charge in [-0.1, -0.05) is 0 Å². The molecule has 242 valence electrons. The predicted molar refractivity (Wildman–Crippen MR) is 173 cm³/mol. The Morgan fingerprint density at radius 2 is 1.54 bits per heavy atom. The van der Waals surface area contributed by atoms with Gasteiger partial charge in [-0.15, -0.1) is 0 Å². The van der Waals surface area contributed by atoms with Crippen molar-refractivity contribution in [3.8, 4) is 11.4 Å². The summed E-state index contributed by atoms with van der Waals surface area (Å²) in [5.41, 5.74) is 2.13. The first-order chi connectivity index (χ1) is 22.3. The molecule has 0 bridgehead atoms. The van der Waals surface area contributed by atoms with Crippen LogP contribution in [0.25, 0.3) is 11.4 Å². The third-order valence-corrected chi connectivity index (χ3v) is 9.19. The number of likely N-dealkylation sites (tertiary alicyclic amines) is 1. The first-order valence-corrected chi connectivity index (χ1v) is 15.9. The number of urea groups is 1. The number of benzene rings is 1. The third-order valence-electron chi connectivity index (χ3n) is 9.19. The van der Waals surface area contributed by atoms with Crippen molar-refractivity contribution in [3.63, 3.8) is 0 Å². The lowest BCUT2D eigenvalue weighted by atomic mass is 9.78. The fourth-order valence-corrected chi connectivity index (χ4v) is 6.35. The van der Waals surface area contributed by atoms with Crippen molar-refractivity contribution in [2.75, 3.05) is 100 Å². The van der Waals surface area contributed by atoms with E-state index in [-0.39, 0.29) is 11.3 Å². The third kappa shape index (κ3) is 6.46. The van der Waals surface area contributed by atoms with Crippen molar-refractivity contribution in [3.05, 3.63) is 48.2 Å². The molecule has 3 aromatic rings. The summed E-state index contributed by atoms with van der Waals surface area (Å²) in [4.78, 5) is 52.9. The number of carbonyl (C=O) groups excluding carboxylic acids is 2. The van der Waals surface area contributed by atoms with E-state index in [0.717, 1.165) is 57.8 Å². The quantitative estimate of drug-likeness (QED) is 0.399. The highest BCUT2D eigenvalue weighted by Gasteiger charge is 2.50. The molecule has 14 heteroatoms. The van der Waals surface area contributed by atoms with Gasteiger partial charge in [0.15, 0.2) is 5.82 Å². The summed E-state index contributed by atoms with van der Waals surface area (Å²) in [6.07, 6.45) is 3.58. The molecule has 3 amide bonds. The smallest absolute Gasteiger partial charge is 0.324 e. The van der Waals surface area contributed by atoms with Crippen LogP contribution >= 0.6 is 0 Å². The van der Waals surface area contributed by atoms with E-state index in [1.807, 2.05) is 11.0 Å². The van der Waals surface area contributed by atoms with Gasteiger partial charge in [0.1, 0.15) is 5.82 Å². The van der Waals surface area contributed by atoms with Crippen LogP contribution in [0.15, 0.2) is 42.6 Å². The normalized spacial score (nSPS) is 19.5. The molecule has 1 aromatic carbocycles. The minimum atomic E-state index is -0.436. The maximum Gasteiger partial charge on any atom is 0.324 e. The number of anilines is 4. The van der Waals surface area contributed by atoms with Gasteiger partial charge in [0.05, 0.1) is 31.8 Å². The van der Waals surface area contributed by atoms with Crippen LogP contribution in [0.1, 0.15) is 23.2 Å². The molecule has 0 aliphatic carbocycles. The van der Waals surface area contributed by atoms with Crippen LogP contribution in [-0.4, -0.2) is 128 Å². The number of rotatable bonds is 7. The van der Waals surface area contributed by atoms with E-state index in [2.05, 4.69) is 44.4 Å². The van der Waals surface area contributed by atoms with Gasteiger partial charge < -0.3 is 34.4 Å². The van der Waals surface area contributed by atoms with E-state index in [1.54, 1.807) is 36.5 Å². The maximum absolute atomic E-state index is 13.0. The van der Waals surface area contributed by atoms with E-state index in [1.165, 1.54) is 0 Å².